The Kier molecular flexibility index (Phi) is 3.23. The number of aromatic nitrogens is 3. The van der Waals surface area contributed by atoms with Crippen LogP contribution in [0.1, 0.15) is 23.0 Å². The molecule has 6 nitrogen and oxygen atoms in total. The zero-order valence-electron chi connectivity index (χ0n) is 11.6. The molecule has 1 atom stereocenters. The van der Waals surface area contributed by atoms with E-state index in [-0.39, 0.29) is 17.5 Å². The molecule has 0 aliphatic carbocycles. The summed E-state index contributed by atoms with van der Waals surface area (Å²) in [6, 6.07) is 8.23. The standard InChI is InChI=1S/C15H16N4O2/c1-9-4-5-19-14(6-9)17-18-15(19)11(16)7-10-2-3-12(20)13(21)8-10/h2-6,8,11,20-21H,7,16H2,1H3. The van der Waals surface area contributed by atoms with Crippen molar-refractivity contribution in [2.75, 3.05) is 0 Å². The van der Waals surface area contributed by atoms with Crippen molar-refractivity contribution in [2.24, 2.45) is 5.73 Å². The predicted molar refractivity (Wildman–Crippen MR) is 78.1 cm³/mol. The highest BCUT2D eigenvalue weighted by molar-refractivity contribution is 5.42. The van der Waals surface area contributed by atoms with Crippen molar-refractivity contribution in [3.8, 4) is 11.5 Å². The highest BCUT2D eigenvalue weighted by Gasteiger charge is 2.15. The van der Waals surface area contributed by atoms with Gasteiger partial charge in [-0.05, 0) is 48.7 Å². The summed E-state index contributed by atoms with van der Waals surface area (Å²) in [4.78, 5) is 0. The van der Waals surface area contributed by atoms with Gasteiger partial charge in [-0.25, -0.2) is 0 Å². The lowest BCUT2D eigenvalue weighted by molar-refractivity contribution is 0.403. The van der Waals surface area contributed by atoms with Crippen LogP contribution in [0.15, 0.2) is 36.5 Å². The van der Waals surface area contributed by atoms with Crippen molar-refractivity contribution in [3.63, 3.8) is 0 Å². The molecule has 108 valence electrons. The van der Waals surface area contributed by atoms with E-state index >= 15 is 0 Å². The second kappa shape index (κ2) is 5.06. The number of benzene rings is 1. The molecule has 0 saturated heterocycles. The van der Waals surface area contributed by atoms with Gasteiger partial charge in [0.2, 0.25) is 0 Å². The highest BCUT2D eigenvalue weighted by Crippen LogP contribution is 2.26. The van der Waals surface area contributed by atoms with Gasteiger partial charge in [0.1, 0.15) is 0 Å². The maximum atomic E-state index is 9.52. The molecule has 0 radical (unpaired) electrons. The first-order valence-electron chi connectivity index (χ1n) is 6.62. The average Bonchev–Trinajstić information content (AvgIpc) is 2.85. The van der Waals surface area contributed by atoms with Crippen molar-refractivity contribution in [2.45, 2.75) is 19.4 Å². The van der Waals surface area contributed by atoms with Gasteiger partial charge in [0.05, 0.1) is 6.04 Å². The Morgan fingerprint density at radius 1 is 1.14 bits per heavy atom. The fourth-order valence-corrected chi connectivity index (χ4v) is 2.31. The molecule has 1 aromatic carbocycles. The molecule has 2 heterocycles. The van der Waals surface area contributed by atoms with Gasteiger partial charge in [-0.2, -0.15) is 0 Å². The Hall–Kier alpha value is -2.60. The van der Waals surface area contributed by atoms with Gasteiger partial charge >= 0.3 is 0 Å². The number of pyridine rings is 1. The molecule has 2 aromatic heterocycles. The number of hydrogen-bond acceptors (Lipinski definition) is 5. The fourth-order valence-electron chi connectivity index (χ4n) is 2.31. The quantitative estimate of drug-likeness (QED) is 0.636. The Morgan fingerprint density at radius 2 is 1.95 bits per heavy atom. The van der Waals surface area contributed by atoms with E-state index in [2.05, 4.69) is 10.2 Å². The summed E-state index contributed by atoms with van der Waals surface area (Å²) in [5.41, 5.74) is 8.89. The molecule has 1 unspecified atom stereocenters. The number of nitrogens with zero attached hydrogens (tertiary/aromatic N) is 3. The molecule has 0 amide bonds. The zero-order valence-corrected chi connectivity index (χ0v) is 11.6. The number of hydrogen-bond donors (Lipinski definition) is 3. The number of aromatic hydroxyl groups is 2. The van der Waals surface area contributed by atoms with Gasteiger partial charge in [0.25, 0.3) is 0 Å². The van der Waals surface area contributed by atoms with E-state index in [9.17, 15) is 10.2 Å². The third kappa shape index (κ3) is 2.53. The number of phenols is 2. The SMILES string of the molecule is Cc1ccn2c(C(N)Cc3ccc(O)c(O)c3)nnc2c1. The van der Waals surface area contributed by atoms with Gasteiger partial charge < -0.3 is 15.9 Å². The lowest BCUT2D eigenvalue weighted by Gasteiger charge is -2.11. The third-order valence-corrected chi connectivity index (χ3v) is 3.42. The van der Waals surface area contributed by atoms with Crippen LogP contribution in [0.3, 0.4) is 0 Å². The van der Waals surface area contributed by atoms with E-state index in [0.717, 1.165) is 16.8 Å². The number of aryl methyl sites for hydroxylation is 1. The first-order chi connectivity index (χ1) is 10.0. The van der Waals surface area contributed by atoms with Crippen LogP contribution in [0.4, 0.5) is 0 Å². The molecule has 0 aliphatic rings. The Balaban J connectivity index is 1.89. The van der Waals surface area contributed by atoms with Crippen LogP contribution in [0.25, 0.3) is 5.65 Å². The molecule has 0 spiro atoms. The lowest BCUT2D eigenvalue weighted by Crippen LogP contribution is -2.16. The second-order valence-electron chi connectivity index (χ2n) is 5.12. The molecule has 3 aromatic rings. The summed E-state index contributed by atoms with van der Waals surface area (Å²) in [6.07, 6.45) is 2.39. The van der Waals surface area contributed by atoms with E-state index in [1.807, 2.05) is 29.7 Å². The van der Waals surface area contributed by atoms with E-state index in [1.165, 1.54) is 12.1 Å². The maximum Gasteiger partial charge on any atom is 0.161 e. The Bertz CT molecular complexity index is 797. The third-order valence-electron chi connectivity index (χ3n) is 3.42. The minimum absolute atomic E-state index is 0.143. The van der Waals surface area contributed by atoms with Gasteiger partial charge in [-0.3, -0.25) is 4.40 Å². The first-order valence-corrected chi connectivity index (χ1v) is 6.62. The fraction of sp³-hybridized carbons (Fsp3) is 0.200. The van der Waals surface area contributed by atoms with Gasteiger partial charge in [-0.1, -0.05) is 6.07 Å². The van der Waals surface area contributed by atoms with Crippen molar-refractivity contribution in [1.29, 1.82) is 0 Å². The van der Waals surface area contributed by atoms with Crippen LogP contribution in [-0.2, 0) is 6.42 Å². The Morgan fingerprint density at radius 3 is 2.71 bits per heavy atom. The van der Waals surface area contributed by atoms with Crippen molar-refractivity contribution >= 4 is 5.65 Å². The monoisotopic (exact) mass is 284 g/mol. The summed E-state index contributed by atoms with van der Waals surface area (Å²) >= 11 is 0. The van der Waals surface area contributed by atoms with Crippen LogP contribution in [-0.4, -0.2) is 24.8 Å². The van der Waals surface area contributed by atoms with Crippen LogP contribution >= 0.6 is 0 Å². The van der Waals surface area contributed by atoms with Crippen LogP contribution in [0.5, 0.6) is 11.5 Å². The maximum absolute atomic E-state index is 9.52. The van der Waals surface area contributed by atoms with E-state index in [1.54, 1.807) is 6.07 Å². The predicted octanol–water partition coefficient (Wildman–Crippen LogP) is 1.69. The highest BCUT2D eigenvalue weighted by atomic mass is 16.3. The second-order valence-corrected chi connectivity index (χ2v) is 5.12. The van der Waals surface area contributed by atoms with Crippen LogP contribution in [0.2, 0.25) is 0 Å². The number of rotatable bonds is 3. The van der Waals surface area contributed by atoms with Gasteiger partial charge in [-0.15, -0.1) is 10.2 Å². The largest absolute Gasteiger partial charge is 0.504 e. The van der Waals surface area contributed by atoms with Crippen molar-refractivity contribution < 1.29 is 10.2 Å². The van der Waals surface area contributed by atoms with Crippen LogP contribution < -0.4 is 5.73 Å². The summed E-state index contributed by atoms with van der Waals surface area (Å²) in [7, 11) is 0. The minimum atomic E-state index is -0.355. The lowest BCUT2D eigenvalue weighted by atomic mass is 10.1. The average molecular weight is 284 g/mol. The summed E-state index contributed by atoms with van der Waals surface area (Å²) in [5, 5.41) is 27.1. The molecular weight excluding hydrogens is 268 g/mol. The van der Waals surface area contributed by atoms with E-state index in [4.69, 9.17) is 5.73 Å². The summed E-state index contributed by atoms with van der Waals surface area (Å²) < 4.78 is 1.86. The first kappa shape index (κ1) is 13.4. The molecular formula is C15H16N4O2. The molecule has 6 heteroatoms. The van der Waals surface area contributed by atoms with E-state index < -0.39 is 0 Å². The van der Waals surface area contributed by atoms with Crippen molar-refractivity contribution in [3.05, 3.63) is 53.5 Å². The minimum Gasteiger partial charge on any atom is -0.504 e. The molecule has 21 heavy (non-hydrogen) atoms. The smallest absolute Gasteiger partial charge is 0.161 e. The number of nitrogens with two attached hydrogens (primary N) is 1. The molecule has 4 N–H and O–H groups in total. The molecule has 3 rings (SSSR count). The zero-order chi connectivity index (χ0) is 15.0. The Labute approximate surface area is 121 Å². The molecule has 0 saturated carbocycles. The number of phenolic OH excluding ortho intramolecular Hbond substituents is 2. The normalized spacial score (nSPS) is 12.7. The molecule has 0 fully saturated rings. The van der Waals surface area contributed by atoms with Gasteiger partial charge in [0, 0.05) is 6.20 Å². The van der Waals surface area contributed by atoms with Gasteiger partial charge in [0.15, 0.2) is 23.0 Å². The molecule has 0 bridgehead atoms. The topological polar surface area (TPSA) is 96.7 Å². The summed E-state index contributed by atoms with van der Waals surface area (Å²) in [5.74, 6) is 0.370. The molecule has 0 aliphatic heterocycles. The van der Waals surface area contributed by atoms with Crippen LogP contribution in [0, 0.1) is 6.92 Å². The summed E-state index contributed by atoms with van der Waals surface area (Å²) in [6.45, 7) is 1.99. The van der Waals surface area contributed by atoms with E-state index in [0.29, 0.717) is 12.2 Å². The number of fused-ring (bicyclic) bond motifs is 1. The van der Waals surface area contributed by atoms with Crippen molar-refractivity contribution in [1.82, 2.24) is 14.6 Å².